The zero-order chi connectivity index (χ0) is 27.3. The standard InChI is InChI=1S/C19H15F4N5O3.C4H9NO/c20-11-1-2-13(19(21,22)23)12(9-11)17(29)27-7-5-26(6-8-27)16-4-3-15-24-14(18(30)31)10-28(15)25-16;1-2-3-4(5)6/h1-4,9-10H,5-8H2,(H,30,31);2-3H2,1H3,(H2,5,6). The van der Waals surface area contributed by atoms with Crippen molar-refractivity contribution in [2.24, 2.45) is 5.73 Å². The van der Waals surface area contributed by atoms with E-state index in [9.17, 15) is 31.9 Å². The SMILES string of the molecule is CCCC(N)=O.O=C(O)c1cn2nc(N3CCN(C(=O)c4cc(F)ccc4C(F)(F)F)CC3)ccc2n1. The number of piperazine rings is 1. The van der Waals surface area contributed by atoms with Crippen molar-refractivity contribution in [1.29, 1.82) is 0 Å². The molecule has 3 heterocycles. The second kappa shape index (κ2) is 11.2. The summed E-state index contributed by atoms with van der Waals surface area (Å²) < 4.78 is 54.5. The van der Waals surface area contributed by atoms with Crippen LogP contribution in [0.2, 0.25) is 0 Å². The maximum absolute atomic E-state index is 13.5. The topological polar surface area (TPSA) is 134 Å². The van der Waals surface area contributed by atoms with Gasteiger partial charge in [0.15, 0.2) is 11.3 Å². The number of alkyl halides is 3. The lowest BCUT2D eigenvalue weighted by Gasteiger charge is -2.35. The molecule has 0 radical (unpaired) electrons. The molecule has 1 fully saturated rings. The van der Waals surface area contributed by atoms with E-state index in [0.717, 1.165) is 6.42 Å². The van der Waals surface area contributed by atoms with E-state index < -0.39 is 35.0 Å². The average molecular weight is 524 g/mol. The summed E-state index contributed by atoms with van der Waals surface area (Å²) in [5.74, 6) is -2.72. The number of amides is 2. The van der Waals surface area contributed by atoms with Gasteiger partial charge in [-0.3, -0.25) is 9.59 Å². The first kappa shape index (κ1) is 27.4. The van der Waals surface area contributed by atoms with Crippen molar-refractivity contribution < 1.29 is 37.1 Å². The van der Waals surface area contributed by atoms with E-state index >= 15 is 0 Å². The lowest BCUT2D eigenvalue weighted by Crippen LogP contribution is -2.49. The molecule has 10 nitrogen and oxygen atoms in total. The van der Waals surface area contributed by atoms with E-state index in [1.807, 2.05) is 6.92 Å². The Labute approximate surface area is 208 Å². The zero-order valence-corrected chi connectivity index (χ0v) is 19.7. The molecular formula is C23H24F4N6O4. The number of rotatable bonds is 5. The fourth-order valence-electron chi connectivity index (χ4n) is 3.64. The van der Waals surface area contributed by atoms with Crippen LogP contribution in [0.15, 0.2) is 36.5 Å². The number of imidazole rings is 1. The first-order valence-corrected chi connectivity index (χ1v) is 11.2. The minimum absolute atomic E-state index is 0.108. The van der Waals surface area contributed by atoms with Crippen LogP contribution in [0, 0.1) is 5.82 Å². The molecule has 1 aliphatic heterocycles. The Morgan fingerprint density at radius 2 is 1.76 bits per heavy atom. The van der Waals surface area contributed by atoms with Gasteiger partial charge in [-0.05, 0) is 36.8 Å². The molecule has 3 aromatic rings. The number of carbonyl (C=O) groups excluding carboxylic acids is 2. The van der Waals surface area contributed by atoms with Gasteiger partial charge < -0.3 is 20.6 Å². The minimum atomic E-state index is -4.78. The van der Waals surface area contributed by atoms with Crippen LogP contribution in [-0.2, 0) is 11.0 Å². The summed E-state index contributed by atoms with van der Waals surface area (Å²) in [5, 5.41) is 13.3. The van der Waals surface area contributed by atoms with Gasteiger partial charge in [-0.15, -0.1) is 5.10 Å². The van der Waals surface area contributed by atoms with Gasteiger partial charge in [0.05, 0.1) is 17.3 Å². The number of aromatic nitrogens is 3. The Bertz CT molecular complexity index is 1300. The number of carboxylic acid groups (broad SMARTS) is 1. The van der Waals surface area contributed by atoms with Crippen LogP contribution in [0.25, 0.3) is 5.65 Å². The van der Waals surface area contributed by atoms with Gasteiger partial charge in [0.1, 0.15) is 11.6 Å². The van der Waals surface area contributed by atoms with Crippen LogP contribution < -0.4 is 10.6 Å². The number of primary amides is 1. The molecular weight excluding hydrogens is 500 g/mol. The number of nitrogens with two attached hydrogens (primary N) is 1. The second-order valence-electron chi connectivity index (χ2n) is 8.11. The van der Waals surface area contributed by atoms with E-state index in [0.29, 0.717) is 36.1 Å². The largest absolute Gasteiger partial charge is 0.476 e. The average Bonchev–Trinajstić information content (AvgIpc) is 3.27. The Hall–Kier alpha value is -4.23. The molecule has 0 bridgehead atoms. The molecule has 3 N–H and O–H groups in total. The van der Waals surface area contributed by atoms with Crippen molar-refractivity contribution >= 4 is 29.2 Å². The molecule has 37 heavy (non-hydrogen) atoms. The molecule has 2 aromatic heterocycles. The predicted octanol–water partition coefficient (Wildman–Crippen LogP) is 2.82. The fraction of sp³-hybridized carbons (Fsp3) is 0.348. The van der Waals surface area contributed by atoms with E-state index in [1.54, 1.807) is 17.0 Å². The van der Waals surface area contributed by atoms with Gasteiger partial charge in [-0.1, -0.05) is 6.92 Å². The Balaban J connectivity index is 0.000000568. The first-order valence-electron chi connectivity index (χ1n) is 11.2. The number of fused-ring (bicyclic) bond motifs is 1. The predicted molar refractivity (Wildman–Crippen MR) is 124 cm³/mol. The van der Waals surface area contributed by atoms with Gasteiger partial charge in [0, 0.05) is 32.6 Å². The Kier molecular flexibility index (Phi) is 8.30. The normalized spacial score (nSPS) is 13.8. The third kappa shape index (κ3) is 6.71. The highest BCUT2D eigenvalue weighted by Crippen LogP contribution is 2.33. The molecule has 0 aliphatic carbocycles. The van der Waals surface area contributed by atoms with Crippen molar-refractivity contribution in [2.45, 2.75) is 25.9 Å². The van der Waals surface area contributed by atoms with Crippen molar-refractivity contribution in [3.05, 3.63) is 59.2 Å². The monoisotopic (exact) mass is 524 g/mol. The lowest BCUT2D eigenvalue weighted by atomic mass is 10.0. The van der Waals surface area contributed by atoms with Crippen LogP contribution >= 0.6 is 0 Å². The van der Waals surface area contributed by atoms with Crippen LogP contribution in [0.3, 0.4) is 0 Å². The molecule has 2 amide bonds. The van der Waals surface area contributed by atoms with E-state index in [1.165, 1.54) is 15.6 Å². The lowest BCUT2D eigenvalue weighted by molar-refractivity contribution is -0.138. The molecule has 198 valence electrons. The molecule has 0 atom stereocenters. The van der Waals surface area contributed by atoms with Crippen LogP contribution in [-0.4, -0.2) is 68.6 Å². The first-order chi connectivity index (χ1) is 17.4. The molecule has 14 heteroatoms. The van der Waals surface area contributed by atoms with E-state index in [2.05, 4.69) is 10.1 Å². The maximum Gasteiger partial charge on any atom is 0.417 e. The third-order valence-corrected chi connectivity index (χ3v) is 5.43. The van der Waals surface area contributed by atoms with Crippen LogP contribution in [0.4, 0.5) is 23.4 Å². The van der Waals surface area contributed by atoms with E-state index in [-0.39, 0.29) is 37.8 Å². The maximum atomic E-state index is 13.5. The number of hydrogen-bond donors (Lipinski definition) is 2. The number of carbonyl (C=O) groups is 3. The summed E-state index contributed by atoms with van der Waals surface area (Å²) in [7, 11) is 0. The number of anilines is 1. The number of carboxylic acids is 1. The number of halogens is 4. The quantitative estimate of drug-likeness (QED) is 0.490. The molecule has 1 aromatic carbocycles. The smallest absolute Gasteiger partial charge is 0.417 e. The molecule has 1 aliphatic rings. The summed E-state index contributed by atoms with van der Waals surface area (Å²) in [6.45, 7) is 2.70. The highest BCUT2D eigenvalue weighted by molar-refractivity contribution is 5.96. The highest BCUT2D eigenvalue weighted by Gasteiger charge is 2.37. The summed E-state index contributed by atoms with van der Waals surface area (Å²) in [6.07, 6.45) is -2.14. The van der Waals surface area contributed by atoms with Gasteiger partial charge in [-0.25, -0.2) is 18.7 Å². The van der Waals surface area contributed by atoms with Gasteiger partial charge in [0.2, 0.25) is 5.91 Å². The molecule has 4 rings (SSSR count). The summed E-state index contributed by atoms with van der Waals surface area (Å²) in [6, 6.07) is 5.07. The van der Waals surface area contributed by atoms with Crippen LogP contribution in [0.1, 0.15) is 46.2 Å². The molecule has 0 saturated carbocycles. The van der Waals surface area contributed by atoms with Gasteiger partial charge >= 0.3 is 12.1 Å². The van der Waals surface area contributed by atoms with Crippen molar-refractivity contribution in [2.75, 3.05) is 31.1 Å². The number of aromatic carboxylic acids is 1. The summed E-state index contributed by atoms with van der Waals surface area (Å²) >= 11 is 0. The molecule has 1 saturated heterocycles. The molecule has 0 spiro atoms. The number of nitrogens with zero attached hydrogens (tertiary/aromatic N) is 5. The van der Waals surface area contributed by atoms with Crippen LogP contribution in [0.5, 0.6) is 0 Å². The summed E-state index contributed by atoms with van der Waals surface area (Å²) in [5.41, 5.74) is 3.06. The second-order valence-corrected chi connectivity index (χ2v) is 8.11. The fourth-order valence-corrected chi connectivity index (χ4v) is 3.64. The number of benzene rings is 1. The zero-order valence-electron chi connectivity index (χ0n) is 19.7. The van der Waals surface area contributed by atoms with Crippen molar-refractivity contribution in [3.63, 3.8) is 0 Å². The third-order valence-electron chi connectivity index (χ3n) is 5.43. The van der Waals surface area contributed by atoms with Gasteiger partial charge in [-0.2, -0.15) is 13.2 Å². The van der Waals surface area contributed by atoms with E-state index in [4.69, 9.17) is 10.8 Å². The van der Waals surface area contributed by atoms with Crippen molar-refractivity contribution in [3.8, 4) is 0 Å². The Morgan fingerprint density at radius 3 is 2.30 bits per heavy atom. The highest BCUT2D eigenvalue weighted by atomic mass is 19.4. The van der Waals surface area contributed by atoms with Gasteiger partial charge in [0.25, 0.3) is 5.91 Å². The number of hydrogen-bond acceptors (Lipinski definition) is 6. The molecule has 0 unspecified atom stereocenters. The van der Waals surface area contributed by atoms with Crippen molar-refractivity contribution in [1.82, 2.24) is 19.5 Å². The minimum Gasteiger partial charge on any atom is -0.476 e. The Morgan fingerprint density at radius 1 is 1.08 bits per heavy atom. The summed E-state index contributed by atoms with van der Waals surface area (Å²) in [4.78, 5) is 40.5.